The van der Waals surface area contributed by atoms with Crippen molar-refractivity contribution in [2.24, 2.45) is 0 Å². The molecule has 2 aromatic carbocycles. The van der Waals surface area contributed by atoms with E-state index in [0.29, 0.717) is 30.1 Å². The molecule has 0 atom stereocenters. The average molecular weight is 365 g/mol. The first-order chi connectivity index (χ1) is 13.2. The van der Waals surface area contributed by atoms with E-state index in [2.05, 4.69) is 34.5 Å². The number of ether oxygens (including phenoxy) is 1. The Bertz CT molecular complexity index is 830. The van der Waals surface area contributed by atoms with Gasteiger partial charge in [-0.05, 0) is 24.1 Å². The van der Waals surface area contributed by atoms with E-state index in [0.717, 1.165) is 26.1 Å². The van der Waals surface area contributed by atoms with Crippen LogP contribution in [-0.2, 0) is 11.2 Å². The fourth-order valence-corrected chi connectivity index (χ4v) is 3.55. The van der Waals surface area contributed by atoms with Crippen molar-refractivity contribution in [2.45, 2.75) is 6.42 Å². The van der Waals surface area contributed by atoms with E-state index in [4.69, 9.17) is 4.74 Å². The number of hydrogen-bond donors (Lipinski definition) is 1. The minimum absolute atomic E-state index is 0.00919. The highest BCUT2D eigenvalue weighted by Gasteiger charge is 2.27. The van der Waals surface area contributed by atoms with Gasteiger partial charge in [0.15, 0.2) is 6.61 Å². The van der Waals surface area contributed by atoms with Gasteiger partial charge in [0, 0.05) is 32.7 Å². The van der Waals surface area contributed by atoms with Gasteiger partial charge in [0.05, 0.1) is 11.3 Å². The summed E-state index contributed by atoms with van der Waals surface area (Å²) in [5.41, 5.74) is 2.33. The molecule has 0 bridgehead atoms. The summed E-state index contributed by atoms with van der Waals surface area (Å²) in [4.78, 5) is 28.9. The molecule has 1 N–H and O–H groups in total. The third-order valence-electron chi connectivity index (χ3n) is 5.10. The lowest BCUT2D eigenvalue weighted by Crippen LogP contribution is -2.49. The van der Waals surface area contributed by atoms with Crippen LogP contribution >= 0.6 is 0 Å². The number of benzene rings is 2. The summed E-state index contributed by atoms with van der Waals surface area (Å²) in [6.45, 7) is 4.08. The summed E-state index contributed by atoms with van der Waals surface area (Å²) in [6, 6.07) is 15.8. The molecule has 2 aromatic rings. The third kappa shape index (κ3) is 3.95. The number of piperazine rings is 1. The van der Waals surface area contributed by atoms with E-state index in [1.54, 1.807) is 18.2 Å². The van der Waals surface area contributed by atoms with Crippen LogP contribution in [0.25, 0.3) is 0 Å². The summed E-state index contributed by atoms with van der Waals surface area (Å²) >= 11 is 0. The zero-order valence-corrected chi connectivity index (χ0v) is 15.2. The maximum Gasteiger partial charge on any atom is 0.262 e. The van der Waals surface area contributed by atoms with Gasteiger partial charge in [0.2, 0.25) is 0 Å². The quantitative estimate of drug-likeness (QED) is 0.901. The standard InChI is InChI=1S/C21H23N3O3/c25-19-15-27-18-8-4-7-17(20(18)22-19)21(26)24-13-11-23(12-14-24)10-9-16-5-2-1-3-6-16/h1-8H,9-15H2,(H,22,25). The van der Waals surface area contributed by atoms with Crippen molar-refractivity contribution in [1.29, 1.82) is 0 Å². The fraction of sp³-hybridized carbons (Fsp3) is 0.333. The smallest absolute Gasteiger partial charge is 0.262 e. The van der Waals surface area contributed by atoms with E-state index in [1.807, 2.05) is 11.0 Å². The molecule has 0 saturated carbocycles. The molecular weight excluding hydrogens is 342 g/mol. The number of para-hydroxylation sites is 1. The van der Waals surface area contributed by atoms with Crippen LogP contribution in [-0.4, -0.2) is 60.9 Å². The minimum atomic E-state index is -0.228. The van der Waals surface area contributed by atoms with Crippen LogP contribution in [0.2, 0.25) is 0 Å². The number of anilines is 1. The van der Waals surface area contributed by atoms with Gasteiger partial charge < -0.3 is 15.0 Å². The van der Waals surface area contributed by atoms with Gasteiger partial charge in [0.1, 0.15) is 5.75 Å². The van der Waals surface area contributed by atoms with Crippen molar-refractivity contribution < 1.29 is 14.3 Å². The topological polar surface area (TPSA) is 61.9 Å². The summed E-state index contributed by atoms with van der Waals surface area (Å²) in [7, 11) is 0. The van der Waals surface area contributed by atoms with E-state index in [-0.39, 0.29) is 18.4 Å². The van der Waals surface area contributed by atoms with Crippen molar-refractivity contribution >= 4 is 17.5 Å². The second-order valence-electron chi connectivity index (χ2n) is 6.89. The summed E-state index contributed by atoms with van der Waals surface area (Å²) in [5.74, 6) is 0.274. The van der Waals surface area contributed by atoms with Crippen LogP contribution in [0.4, 0.5) is 5.69 Å². The highest BCUT2D eigenvalue weighted by molar-refractivity contribution is 6.06. The average Bonchev–Trinajstić information content (AvgIpc) is 2.72. The molecule has 0 aliphatic carbocycles. The second kappa shape index (κ2) is 7.80. The number of amides is 2. The number of carbonyl (C=O) groups excluding carboxylic acids is 2. The van der Waals surface area contributed by atoms with Gasteiger partial charge in [-0.15, -0.1) is 0 Å². The zero-order chi connectivity index (χ0) is 18.6. The normalized spacial score (nSPS) is 17.0. The van der Waals surface area contributed by atoms with E-state index in [9.17, 15) is 9.59 Å². The minimum Gasteiger partial charge on any atom is -0.482 e. The predicted octanol–water partition coefficient (Wildman–Crippen LogP) is 2.02. The molecule has 0 aromatic heterocycles. The number of rotatable bonds is 4. The van der Waals surface area contributed by atoms with Crippen LogP contribution in [0.5, 0.6) is 5.75 Å². The molecule has 0 radical (unpaired) electrons. The lowest BCUT2D eigenvalue weighted by Gasteiger charge is -2.35. The number of nitrogens with one attached hydrogen (secondary N) is 1. The number of hydrogen-bond acceptors (Lipinski definition) is 4. The Labute approximate surface area is 158 Å². The SMILES string of the molecule is O=C1COc2cccc(C(=O)N3CCN(CCc4ccccc4)CC3)c2N1. The van der Waals surface area contributed by atoms with Crippen molar-refractivity contribution in [1.82, 2.24) is 9.80 Å². The van der Waals surface area contributed by atoms with E-state index < -0.39 is 0 Å². The molecule has 2 heterocycles. The van der Waals surface area contributed by atoms with E-state index >= 15 is 0 Å². The molecule has 0 spiro atoms. The van der Waals surface area contributed by atoms with Crippen molar-refractivity contribution in [3.8, 4) is 5.75 Å². The molecule has 6 heteroatoms. The van der Waals surface area contributed by atoms with Crippen molar-refractivity contribution in [2.75, 3.05) is 44.6 Å². The first-order valence-electron chi connectivity index (χ1n) is 9.32. The predicted molar refractivity (Wildman–Crippen MR) is 103 cm³/mol. The molecule has 140 valence electrons. The molecule has 4 rings (SSSR count). The fourth-order valence-electron chi connectivity index (χ4n) is 3.55. The second-order valence-corrected chi connectivity index (χ2v) is 6.89. The Balaban J connectivity index is 1.36. The van der Waals surface area contributed by atoms with Crippen molar-refractivity contribution in [3.63, 3.8) is 0 Å². The number of fused-ring (bicyclic) bond motifs is 1. The summed E-state index contributed by atoms with van der Waals surface area (Å²) in [6.07, 6.45) is 1.02. The van der Waals surface area contributed by atoms with Gasteiger partial charge in [-0.25, -0.2) is 0 Å². The Kier molecular flexibility index (Phi) is 5.07. The van der Waals surface area contributed by atoms with E-state index in [1.165, 1.54) is 5.56 Å². The van der Waals surface area contributed by atoms with Gasteiger partial charge in [-0.3, -0.25) is 14.5 Å². The van der Waals surface area contributed by atoms with Gasteiger partial charge in [-0.1, -0.05) is 36.4 Å². The molecule has 6 nitrogen and oxygen atoms in total. The molecule has 2 aliphatic rings. The highest BCUT2D eigenvalue weighted by atomic mass is 16.5. The van der Waals surface area contributed by atoms with Gasteiger partial charge in [0.25, 0.3) is 11.8 Å². The lowest BCUT2D eigenvalue weighted by atomic mass is 10.1. The van der Waals surface area contributed by atoms with Crippen molar-refractivity contribution in [3.05, 3.63) is 59.7 Å². The maximum atomic E-state index is 13.0. The Morgan fingerprint density at radius 2 is 1.78 bits per heavy atom. The Hall–Kier alpha value is -2.86. The van der Waals surface area contributed by atoms with Gasteiger partial charge in [-0.2, -0.15) is 0 Å². The van der Waals surface area contributed by atoms with Crippen LogP contribution in [0.15, 0.2) is 48.5 Å². The first-order valence-corrected chi connectivity index (χ1v) is 9.32. The highest BCUT2D eigenvalue weighted by Crippen LogP contribution is 2.32. The van der Waals surface area contributed by atoms with Crippen LogP contribution in [0, 0.1) is 0 Å². The Morgan fingerprint density at radius 3 is 2.56 bits per heavy atom. The summed E-state index contributed by atoms with van der Waals surface area (Å²) in [5, 5.41) is 2.77. The maximum absolute atomic E-state index is 13.0. The first kappa shape index (κ1) is 17.5. The number of nitrogens with zero attached hydrogens (tertiary/aromatic N) is 2. The molecule has 1 saturated heterocycles. The largest absolute Gasteiger partial charge is 0.482 e. The molecule has 0 unspecified atom stereocenters. The lowest BCUT2D eigenvalue weighted by molar-refractivity contribution is -0.118. The van der Waals surface area contributed by atoms with Crippen LogP contribution < -0.4 is 10.1 Å². The summed E-state index contributed by atoms with van der Waals surface area (Å²) < 4.78 is 5.41. The molecule has 2 amide bonds. The zero-order valence-electron chi connectivity index (χ0n) is 15.2. The molecular formula is C21H23N3O3. The Morgan fingerprint density at radius 1 is 1.00 bits per heavy atom. The van der Waals surface area contributed by atoms with Gasteiger partial charge >= 0.3 is 0 Å². The molecule has 2 aliphatic heterocycles. The van der Waals surface area contributed by atoms with Crippen LogP contribution in [0.3, 0.4) is 0 Å². The number of carbonyl (C=O) groups is 2. The van der Waals surface area contributed by atoms with Crippen LogP contribution in [0.1, 0.15) is 15.9 Å². The molecule has 1 fully saturated rings. The monoisotopic (exact) mass is 365 g/mol. The third-order valence-corrected chi connectivity index (χ3v) is 5.10. The molecule has 27 heavy (non-hydrogen) atoms.